The lowest BCUT2D eigenvalue weighted by atomic mass is 9.92. The van der Waals surface area contributed by atoms with Gasteiger partial charge in [-0.15, -0.1) is 0 Å². The molecular weight excluding hydrogens is 154 g/mol. The Bertz CT molecular complexity index is 378. The lowest BCUT2D eigenvalue weighted by molar-refractivity contribution is 0.0972. The van der Waals surface area contributed by atoms with Crippen molar-refractivity contribution >= 4 is 5.78 Å². The van der Waals surface area contributed by atoms with Gasteiger partial charge in [0.05, 0.1) is 0 Å². The summed E-state index contributed by atoms with van der Waals surface area (Å²) < 4.78 is 0. The summed E-state index contributed by atoms with van der Waals surface area (Å²) in [6.45, 7) is 0. The number of nitrogens with one attached hydrogen (secondary N) is 1. The molecule has 1 aliphatic carbocycles. The monoisotopic (exact) mass is 163 g/mol. The average Bonchev–Trinajstić information content (AvgIpc) is 2.04. The fourth-order valence-electron chi connectivity index (χ4n) is 1.55. The summed E-state index contributed by atoms with van der Waals surface area (Å²) in [5, 5.41) is 0. The number of pyridine rings is 1. The molecule has 1 N–H and O–H groups in total. The molecule has 1 aromatic rings. The zero-order valence-corrected chi connectivity index (χ0v) is 6.59. The van der Waals surface area contributed by atoms with Crippen LogP contribution in [-0.4, -0.2) is 10.8 Å². The van der Waals surface area contributed by atoms with Crippen LogP contribution in [0.1, 0.15) is 28.8 Å². The van der Waals surface area contributed by atoms with Crippen LogP contribution in [0, 0.1) is 0 Å². The van der Waals surface area contributed by atoms with Crippen LogP contribution >= 0.6 is 0 Å². The van der Waals surface area contributed by atoms with Crippen LogP contribution in [0.5, 0.6) is 0 Å². The minimum atomic E-state index is -0.122. The number of rotatable bonds is 0. The molecule has 3 heteroatoms. The minimum absolute atomic E-state index is 0.122. The first kappa shape index (κ1) is 7.28. The summed E-state index contributed by atoms with van der Waals surface area (Å²) in [5.74, 6) is 0.146. The molecule has 0 amide bonds. The first-order valence-corrected chi connectivity index (χ1v) is 4.02. The molecule has 12 heavy (non-hydrogen) atoms. The van der Waals surface area contributed by atoms with Crippen LogP contribution in [0.4, 0.5) is 0 Å². The summed E-state index contributed by atoms with van der Waals surface area (Å²) in [7, 11) is 0. The van der Waals surface area contributed by atoms with Crippen molar-refractivity contribution in [2.24, 2.45) is 0 Å². The fourth-order valence-corrected chi connectivity index (χ4v) is 1.55. The van der Waals surface area contributed by atoms with Gasteiger partial charge in [-0.2, -0.15) is 0 Å². The number of fused-ring (bicyclic) bond motifs is 1. The van der Waals surface area contributed by atoms with Crippen molar-refractivity contribution in [3.63, 3.8) is 0 Å². The van der Waals surface area contributed by atoms with E-state index in [0.29, 0.717) is 12.0 Å². The molecular formula is C9H9NO2. The zero-order chi connectivity index (χ0) is 8.55. The van der Waals surface area contributed by atoms with E-state index in [1.807, 2.05) is 0 Å². The third kappa shape index (κ3) is 1.07. The average molecular weight is 163 g/mol. The van der Waals surface area contributed by atoms with E-state index in [1.165, 1.54) is 12.3 Å². The molecule has 1 aliphatic rings. The summed E-state index contributed by atoms with van der Waals surface area (Å²) in [6.07, 6.45) is 3.86. The van der Waals surface area contributed by atoms with E-state index in [4.69, 9.17) is 0 Å². The standard InChI is InChI=1S/C9H9NO2/c11-8-3-1-2-6-4-9(12)10-5-7(6)8/h4-5H,1-3H2,(H,10,12). The molecule has 0 bridgehead atoms. The smallest absolute Gasteiger partial charge is 0.248 e. The Labute approximate surface area is 69.4 Å². The predicted molar refractivity (Wildman–Crippen MR) is 44.3 cm³/mol. The van der Waals surface area contributed by atoms with Gasteiger partial charge >= 0.3 is 0 Å². The van der Waals surface area contributed by atoms with Crippen molar-refractivity contribution < 1.29 is 4.79 Å². The summed E-state index contributed by atoms with van der Waals surface area (Å²) in [6, 6.07) is 1.52. The van der Waals surface area contributed by atoms with Crippen LogP contribution in [0.15, 0.2) is 17.1 Å². The van der Waals surface area contributed by atoms with Gasteiger partial charge in [-0.3, -0.25) is 9.59 Å². The molecule has 0 saturated heterocycles. The number of hydrogen-bond acceptors (Lipinski definition) is 2. The minimum Gasteiger partial charge on any atom is -0.328 e. The molecule has 0 atom stereocenters. The van der Waals surface area contributed by atoms with Gasteiger partial charge in [0, 0.05) is 24.2 Å². The number of aryl methyl sites for hydroxylation is 1. The molecule has 0 saturated carbocycles. The Morgan fingerprint density at radius 1 is 1.25 bits per heavy atom. The van der Waals surface area contributed by atoms with Gasteiger partial charge in [-0.05, 0) is 18.4 Å². The Kier molecular flexibility index (Phi) is 1.57. The highest BCUT2D eigenvalue weighted by Gasteiger charge is 2.16. The van der Waals surface area contributed by atoms with Crippen LogP contribution in [0.3, 0.4) is 0 Å². The molecule has 62 valence electrons. The van der Waals surface area contributed by atoms with E-state index < -0.39 is 0 Å². The van der Waals surface area contributed by atoms with Gasteiger partial charge in [-0.1, -0.05) is 0 Å². The molecule has 0 aliphatic heterocycles. The van der Waals surface area contributed by atoms with Crippen LogP contribution in [-0.2, 0) is 6.42 Å². The van der Waals surface area contributed by atoms with Gasteiger partial charge in [0.1, 0.15) is 0 Å². The van der Waals surface area contributed by atoms with E-state index in [9.17, 15) is 9.59 Å². The van der Waals surface area contributed by atoms with E-state index in [2.05, 4.69) is 4.98 Å². The van der Waals surface area contributed by atoms with Crippen LogP contribution in [0.2, 0.25) is 0 Å². The number of aromatic amines is 1. The third-order valence-corrected chi connectivity index (χ3v) is 2.16. The van der Waals surface area contributed by atoms with Crippen molar-refractivity contribution in [3.05, 3.63) is 33.7 Å². The lowest BCUT2D eigenvalue weighted by Crippen LogP contribution is -2.16. The molecule has 1 aromatic heterocycles. The van der Waals surface area contributed by atoms with E-state index >= 15 is 0 Å². The van der Waals surface area contributed by atoms with Crippen molar-refractivity contribution in [2.45, 2.75) is 19.3 Å². The first-order valence-electron chi connectivity index (χ1n) is 4.02. The Morgan fingerprint density at radius 2 is 2.08 bits per heavy atom. The Morgan fingerprint density at radius 3 is 2.92 bits per heavy atom. The van der Waals surface area contributed by atoms with Gasteiger partial charge in [-0.25, -0.2) is 0 Å². The van der Waals surface area contributed by atoms with Crippen molar-refractivity contribution in [3.8, 4) is 0 Å². The maximum Gasteiger partial charge on any atom is 0.248 e. The highest BCUT2D eigenvalue weighted by Crippen LogP contribution is 2.17. The van der Waals surface area contributed by atoms with Gasteiger partial charge in [0.15, 0.2) is 5.78 Å². The fraction of sp³-hybridized carbons (Fsp3) is 0.333. The summed E-state index contributed by atoms with van der Waals surface area (Å²) in [5.41, 5.74) is 1.47. The SMILES string of the molecule is O=C1CCCc2cc(=O)[nH]cc21. The molecule has 2 rings (SSSR count). The van der Waals surface area contributed by atoms with Crippen molar-refractivity contribution in [1.82, 2.24) is 4.98 Å². The quantitative estimate of drug-likeness (QED) is 0.617. The molecule has 0 aromatic carbocycles. The second kappa shape index (κ2) is 2.59. The second-order valence-corrected chi connectivity index (χ2v) is 3.01. The maximum atomic E-state index is 11.3. The Balaban J connectivity index is 2.60. The topological polar surface area (TPSA) is 49.9 Å². The molecule has 0 unspecified atom stereocenters. The zero-order valence-electron chi connectivity index (χ0n) is 6.59. The normalized spacial score (nSPS) is 15.8. The molecule has 0 fully saturated rings. The van der Waals surface area contributed by atoms with E-state index in [0.717, 1.165) is 18.4 Å². The van der Waals surface area contributed by atoms with E-state index in [1.54, 1.807) is 0 Å². The number of carbonyl (C=O) groups excluding carboxylic acids is 1. The van der Waals surface area contributed by atoms with Crippen molar-refractivity contribution in [2.75, 3.05) is 0 Å². The van der Waals surface area contributed by atoms with Crippen molar-refractivity contribution in [1.29, 1.82) is 0 Å². The number of Topliss-reactive ketones (excluding diaryl/α,β-unsaturated/α-hetero) is 1. The van der Waals surface area contributed by atoms with Gasteiger partial charge in [0.25, 0.3) is 0 Å². The van der Waals surface area contributed by atoms with Gasteiger partial charge < -0.3 is 4.98 Å². The molecule has 0 radical (unpaired) electrons. The highest BCUT2D eigenvalue weighted by molar-refractivity contribution is 5.98. The Hall–Kier alpha value is -1.38. The molecule has 1 heterocycles. The molecule has 0 spiro atoms. The number of carbonyl (C=O) groups is 1. The highest BCUT2D eigenvalue weighted by atomic mass is 16.1. The largest absolute Gasteiger partial charge is 0.328 e. The predicted octanol–water partition coefficient (Wildman–Crippen LogP) is 0.894. The van der Waals surface area contributed by atoms with Crippen LogP contribution in [0.25, 0.3) is 0 Å². The van der Waals surface area contributed by atoms with Gasteiger partial charge in [0.2, 0.25) is 5.56 Å². The first-order chi connectivity index (χ1) is 5.77. The summed E-state index contributed by atoms with van der Waals surface area (Å²) >= 11 is 0. The van der Waals surface area contributed by atoms with E-state index in [-0.39, 0.29) is 11.3 Å². The molecule has 3 nitrogen and oxygen atoms in total. The number of aromatic nitrogens is 1. The number of H-pyrrole nitrogens is 1. The number of hydrogen-bond donors (Lipinski definition) is 1. The third-order valence-electron chi connectivity index (χ3n) is 2.16. The summed E-state index contributed by atoms with van der Waals surface area (Å²) in [4.78, 5) is 24.7. The maximum absolute atomic E-state index is 11.3. The second-order valence-electron chi connectivity index (χ2n) is 3.01. The number of ketones is 1. The van der Waals surface area contributed by atoms with Crippen LogP contribution < -0.4 is 5.56 Å². The lowest BCUT2D eigenvalue weighted by Gasteiger charge is -2.12.